The lowest BCUT2D eigenvalue weighted by atomic mass is 10.2. The van der Waals surface area contributed by atoms with Gasteiger partial charge in [0.1, 0.15) is 5.76 Å². The summed E-state index contributed by atoms with van der Waals surface area (Å²) in [4.78, 5) is 11.8. The van der Waals surface area contributed by atoms with Crippen LogP contribution in [0.15, 0.2) is 40.8 Å². The SMILES string of the molecule is CCc1ccc(C(=O)NCc2ccccc2Cl)o1. The Morgan fingerprint density at radius 3 is 2.72 bits per heavy atom. The lowest BCUT2D eigenvalue weighted by Gasteiger charge is -2.05. The van der Waals surface area contributed by atoms with Crippen LogP contribution >= 0.6 is 11.6 Å². The minimum Gasteiger partial charge on any atom is -0.456 e. The van der Waals surface area contributed by atoms with Crippen LogP contribution in [0.3, 0.4) is 0 Å². The Kier molecular flexibility index (Phi) is 4.05. The number of amides is 1. The molecule has 1 N–H and O–H groups in total. The predicted octanol–water partition coefficient (Wildman–Crippen LogP) is 3.43. The largest absolute Gasteiger partial charge is 0.456 e. The summed E-state index contributed by atoms with van der Waals surface area (Å²) in [6.07, 6.45) is 0.776. The maximum Gasteiger partial charge on any atom is 0.287 e. The number of rotatable bonds is 4. The van der Waals surface area contributed by atoms with Crippen molar-refractivity contribution in [2.45, 2.75) is 19.9 Å². The molecule has 2 rings (SSSR count). The van der Waals surface area contributed by atoms with Crippen molar-refractivity contribution in [2.24, 2.45) is 0 Å². The molecule has 0 aliphatic rings. The Balaban J connectivity index is 1.98. The highest BCUT2D eigenvalue weighted by atomic mass is 35.5. The van der Waals surface area contributed by atoms with Crippen LogP contribution < -0.4 is 5.32 Å². The fourth-order valence-electron chi connectivity index (χ4n) is 1.59. The van der Waals surface area contributed by atoms with Gasteiger partial charge in [-0.25, -0.2) is 0 Å². The number of aryl methyl sites for hydroxylation is 1. The van der Waals surface area contributed by atoms with Crippen molar-refractivity contribution in [3.8, 4) is 0 Å². The molecule has 18 heavy (non-hydrogen) atoms. The molecule has 1 heterocycles. The predicted molar refractivity (Wildman–Crippen MR) is 70.7 cm³/mol. The maximum absolute atomic E-state index is 11.8. The Bertz CT molecular complexity index is 548. The van der Waals surface area contributed by atoms with Crippen LogP contribution in [0.25, 0.3) is 0 Å². The van der Waals surface area contributed by atoms with Crippen molar-refractivity contribution >= 4 is 17.5 Å². The molecular weight excluding hydrogens is 250 g/mol. The summed E-state index contributed by atoms with van der Waals surface area (Å²) in [6, 6.07) is 10.9. The van der Waals surface area contributed by atoms with E-state index in [1.807, 2.05) is 31.2 Å². The van der Waals surface area contributed by atoms with E-state index < -0.39 is 0 Å². The Morgan fingerprint density at radius 1 is 1.28 bits per heavy atom. The second-order valence-electron chi connectivity index (χ2n) is 3.89. The standard InChI is InChI=1S/C14H14ClNO2/c1-2-11-7-8-13(18-11)14(17)16-9-10-5-3-4-6-12(10)15/h3-8H,2,9H2,1H3,(H,16,17). The number of carbonyl (C=O) groups excluding carboxylic acids is 1. The van der Waals surface area contributed by atoms with Crippen LogP contribution in [0.2, 0.25) is 5.02 Å². The number of carbonyl (C=O) groups is 1. The molecule has 3 nitrogen and oxygen atoms in total. The number of hydrogen-bond acceptors (Lipinski definition) is 2. The molecule has 0 saturated heterocycles. The van der Waals surface area contributed by atoms with Crippen molar-refractivity contribution in [3.05, 3.63) is 58.5 Å². The number of hydrogen-bond donors (Lipinski definition) is 1. The van der Waals surface area contributed by atoms with Gasteiger partial charge in [-0.1, -0.05) is 36.7 Å². The lowest BCUT2D eigenvalue weighted by molar-refractivity contribution is 0.0921. The molecule has 0 unspecified atom stereocenters. The zero-order chi connectivity index (χ0) is 13.0. The first-order valence-corrected chi connectivity index (χ1v) is 6.19. The van der Waals surface area contributed by atoms with Crippen LogP contribution in [-0.4, -0.2) is 5.91 Å². The van der Waals surface area contributed by atoms with Gasteiger partial charge in [-0.3, -0.25) is 4.79 Å². The average molecular weight is 264 g/mol. The fraction of sp³-hybridized carbons (Fsp3) is 0.214. The normalized spacial score (nSPS) is 10.3. The molecule has 0 fully saturated rings. The zero-order valence-corrected chi connectivity index (χ0v) is 10.8. The van der Waals surface area contributed by atoms with Crippen molar-refractivity contribution in [1.29, 1.82) is 0 Å². The quantitative estimate of drug-likeness (QED) is 0.918. The first-order valence-electron chi connectivity index (χ1n) is 5.81. The van der Waals surface area contributed by atoms with Crippen molar-refractivity contribution in [2.75, 3.05) is 0 Å². The van der Waals surface area contributed by atoms with Crippen LogP contribution in [0.1, 0.15) is 28.8 Å². The van der Waals surface area contributed by atoms with Crippen molar-refractivity contribution in [3.63, 3.8) is 0 Å². The summed E-state index contributed by atoms with van der Waals surface area (Å²) in [7, 11) is 0. The van der Waals surface area contributed by atoms with Crippen LogP contribution in [0.5, 0.6) is 0 Å². The van der Waals surface area contributed by atoms with Crippen molar-refractivity contribution < 1.29 is 9.21 Å². The average Bonchev–Trinajstić information content (AvgIpc) is 2.86. The molecule has 0 radical (unpaired) electrons. The van der Waals surface area contributed by atoms with Gasteiger partial charge < -0.3 is 9.73 Å². The highest BCUT2D eigenvalue weighted by Crippen LogP contribution is 2.15. The van der Waals surface area contributed by atoms with E-state index in [1.165, 1.54) is 0 Å². The third-order valence-corrected chi connectivity index (χ3v) is 3.00. The summed E-state index contributed by atoms with van der Waals surface area (Å²) in [5.41, 5.74) is 0.884. The molecule has 0 spiro atoms. The Hall–Kier alpha value is -1.74. The summed E-state index contributed by atoms with van der Waals surface area (Å²) in [5.74, 6) is 0.909. The molecule has 1 amide bonds. The highest BCUT2D eigenvalue weighted by molar-refractivity contribution is 6.31. The van der Waals surface area contributed by atoms with Gasteiger partial charge in [-0.2, -0.15) is 0 Å². The highest BCUT2D eigenvalue weighted by Gasteiger charge is 2.10. The molecule has 2 aromatic rings. The molecule has 1 aromatic carbocycles. The second kappa shape index (κ2) is 5.74. The zero-order valence-electron chi connectivity index (χ0n) is 10.1. The first-order chi connectivity index (χ1) is 8.70. The third kappa shape index (κ3) is 2.93. The van der Waals surface area contributed by atoms with Gasteiger partial charge in [0, 0.05) is 18.0 Å². The van der Waals surface area contributed by atoms with Gasteiger partial charge in [0.05, 0.1) is 0 Å². The smallest absolute Gasteiger partial charge is 0.287 e. The van der Waals surface area contributed by atoms with E-state index in [2.05, 4.69) is 5.32 Å². The molecule has 4 heteroatoms. The Labute approximate surface area is 111 Å². The van der Waals surface area contributed by atoms with Gasteiger partial charge >= 0.3 is 0 Å². The van der Waals surface area contributed by atoms with Crippen molar-refractivity contribution in [1.82, 2.24) is 5.32 Å². The van der Waals surface area contributed by atoms with Gasteiger partial charge in [-0.05, 0) is 23.8 Å². The van der Waals surface area contributed by atoms with E-state index in [9.17, 15) is 4.79 Å². The number of furan rings is 1. The number of halogens is 1. The molecular formula is C14H14ClNO2. The monoisotopic (exact) mass is 263 g/mol. The summed E-state index contributed by atoms with van der Waals surface area (Å²) in [5, 5.41) is 3.42. The summed E-state index contributed by atoms with van der Waals surface area (Å²) < 4.78 is 5.37. The molecule has 94 valence electrons. The molecule has 0 aliphatic carbocycles. The minimum atomic E-state index is -0.227. The van der Waals surface area contributed by atoms with Gasteiger partial charge in [0.25, 0.3) is 5.91 Å². The molecule has 0 bridgehead atoms. The van der Waals surface area contributed by atoms with E-state index in [4.69, 9.17) is 16.0 Å². The van der Waals surface area contributed by atoms with Gasteiger partial charge in [0.15, 0.2) is 5.76 Å². The van der Waals surface area contributed by atoms with Crippen LogP contribution in [-0.2, 0) is 13.0 Å². The topological polar surface area (TPSA) is 42.2 Å². The molecule has 0 atom stereocenters. The fourth-order valence-corrected chi connectivity index (χ4v) is 1.80. The third-order valence-electron chi connectivity index (χ3n) is 2.63. The number of nitrogens with one attached hydrogen (secondary N) is 1. The van der Waals surface area contributed by atoms with Crippen LogP contribution in [0.4, 0.5) is 0 Å². The second-order valence-corrected chi connectivity index (χ2v) is 4.30. The van der Waals surface area contributed by atoms with E-state index >= 15 is 0 Å². The molecule has 1 aromatic heterocycles. The van der Waals surface area contributed by atoms with E-state index in [0.717, 1.165) is 17.7 Å². The summed E-state index contributed by atoms with van der Waals surface area (Å²) in [6.45, 7) is 2.37. The van der Waals surface area contributed by atoms with Gasteiger partial charge in [-0.15, -0.1) is 0 Å². The van der Waals surface area contributed by atoms with Crippen LogP contribution in [0, 0.1) is 0 Å². The van der Waals surface area contributed by atoms with E-state index in [0.29, 0.717) is 17.3 Å². The number of benzene rings is 1. The van der Waals surface area contributed by atoms with Gasteiger partial charge in [0.2, 0.25) is 0 Å². The summed E-state index contributed by atoms with van der Waals surface area (Å²) >= 11 is 6.01. The molecule has 0 aliphatic heterocycles. The first kappa shape index (κ1) is 12.7. The Morgan fingerprint density at radius 2 is 2.06 bits per heavy atom. The molecule has 0 saturated carbocycles. The van der Waals surface area contributed by atoms with E-state index in [-0.39, 0.29) is 5.91 Å². The maximum atomic E-state index is 11.8. The minimum absolute atomic E-state index is 0.227. The van der Waals surface area contributed by atoms with E-state index in [1.54, 1.807) is 12.1 Å². The lowest BCUT2D eigenvalue weighted by Crippen LogP contribution is -2.22.